The van der Waals surface area contributed by atoms with Crippen molar-refractivity contribution in [1.82, 2.24) is 14.9 Å². The van der Waals surface area contributed by atoms with Gasteiger partial charge in [-0.15, -0.1) is 11.3 Å². The molecule has 0 amide bonds. The highest BCUT2D eigenvalue weighted by molar-refractivity contribution is 7.11. The molecule has 0 bridgehead atoms. The fourth-order valence-corrected chi connectivity index (χ4v) is 4.70. The Kier molecular flexibility index (Phi) is 5.85. The van der Waals surface area contributed by atoms with Crippen molar-refractivity contribution in [1.29, 1.82) is 0 Å². The number of thiazole rings is 1. The van der Waals surface area contributed by atoms with E-state index in [4.69, 9.17) is 0 Å². The zero-order chi connectivity index (χ0) is 18.7. The van der Waals surface area contributed by atoms with E-state index >= 15 is 0 Å². The molecule has 2 atom stereocenters. The number of hydrogen-bond acceptors (Lipinski definition) is 6. The Balaban J connectivity index is 2.09. The van der Waals surface area contributed by atoms with Crippen molar-refractivity contribution in [2.45, 2.75) is 32.2 Å². The first-order chi connectivity index (χ1) is 12.5. The van der Waals surface area contributed by atoms with Crippen LogP contribution in [-0.2, 0) is 6.42 Å². The molecule has 7 nitrogen and oxygen atoms in total. The van der Waals surface area contributed by atoms with Gasteiger partial charge in [0.1, 0.15) is 5.01 Å². The van der Waals surface area contributed by atoms with E-state index in [1.54, 1.807) is 0 Å². The topological polar surface area (TPSA) is 104 Å². The Morgan fingerprint density at radius 1 is 1.50 bits per heavy atom. The van der Waals surface area contributed by atoms with E-state index in [0.29, 0.717) is 6.42 Å². The molecule has 3 rings (SSSR count). The Labute approximate surface area is 155 Å². The van der Waals surface area contributed by atoms with Gasteiger partial charge in [-0.25, -0.2) is 9.78 Å². The van der Waals surface area contributed by atoms with Gasteiger partial charge in [0.25, 0.3) is 5.56 Å². The van der Waals surface area contributed by atoms with Crippen molar-refractivity contribution < 1.29 is 15.0 Å². The molecular formula is C18H23N3O4S. The summed E-state index contributed by atoms with van der Waals surface area (Å²) in [4.78, 5) is 29.6. The number of aryl methyl sites for hydroxylation is 1. The van der Waals surface area contributed by atoms with Crippen LogP contribution >= 0.6 is 11.3 Å². The Bertz CT molecular complexity index is 839. The highest BCUT2D eigenvalue weighted by Crippen LogP contribution is 2.34. The number of carboxylic acids is 1. The lowest BCUT2D eigenvalue weighted by Crippen LogP contribution is -2.38. The number of rotatable bonds is 6. The van der Waals surface area contributed by atoms with Gasteiger partial charge in [0.2, 0.25) is 0 Å². The molecule has 2 aromatic heterocycles. The van der Waals surface area contributed by atoms with Crippen LogP contribution in [0.2, 0.25) is 0 Å². The lowest BCUT2D eigenvalue weighted by atomic mass is 9.91. The first-order valence-corrected chi connectivity index (χ1v) is 9.56. The smallest absolute Gasteiger partial charge is 0.337 e. The molecule has 1 saturated heterocycles. The number of carbonyl (C=O) groups is 1. The van der Waals surface area contributed by atoms with Crippen LogP contribution in [0.25, 0.3) is 0 Å². The maximum absolute atomic E-state index is 12.6. The molecule has 140 valence electrons. The number of aromatic carboxylic acids is 1. The standard InChI is InChI=1S/C18H23N3O4S/c1-11-14(6-8-22)26-17(20-11)16(12-3-2-7-19-9-12)21-10-13(18(24)25)4-5-15(21)23/h4-5,10,12,16,19,22H,2-3,6-9H2,1H3,(H,24,25)/t12-,16+/m0/s1. The monoisotopic (exact) mass is 377 g/mol. The molecule has 1 fully saturated rings. The van der Waals surface area contributed by atoms with Crippen molar-refractivity contribution in [2.24, 2.45) is 5.92 Å². The molecule has 0 aliphatic carbocycles. The van der Waals surface area contributed by atoms with Gasteiger partial charge >= 0.3 is 5.97 Å². The second kappa shape index (κ2) is 8.11. The fourth-order valence-electron chi connectivity index (χ4n) is 3.45. The molecule has 3 N–H and O–H groups in total. The van der Waals surface area contributed by atoms with E-state index in [2.05, 4.69) is 10.3 Å². The summed E-state index contributed by atoms with van der Waals surface area (Å²) in [7, 11) is 0. The molecule has 3 heterocycles. The SMILES string of the molecule is Cc1nc([C@@H]([C@H]2CCCNC2)n2cc(C(=O)O)ccc2=O)sc1CCO. The second-order valence-corrected chi connectivity index (χ2v) is 7.67. The average Bonchev–Trinajstić information content (AvgIpc) is 2.98. The molecule has 0 spiro atoms. The van der Waals surface area contributed by atoms with Crippen LogP contribution in [0.4, 0.5) is 0 Å². The van der Waals surface area contributed by atoms with Crippen LogP contribution in [0.15, 0.2) is 23.1 Å². The maximum atomic E-state index is 12.6. The molecule has 8 heteroatoms. The molecule has 0 aromatic carbocycles. The molecule has 2 aromatic rings. The van der Waals surface area contributed by atoms with Crippen LogP contribution in [0, 0.1) is 12.8 Å². The highest BCUT2D eigenvalue weighted by Gasteiger charge is 2.30. The minimum Gasteiger partial charge on any atom is -0.478 e. The average molecular weight is 377 g/mol. The summed E-state index contributed by atoms with van der Waals surface area (Å²) in [5, 5.41) is 22.7. The number of aromatic nitrogens is 2. The van der Waals surface area contributed by atoms with Gasteiger partial charge in [0.05, 0.1) is 17.3 Å². The first-order valence-electron chi connectivity index (χ1n) is 8.74. The minimum atomic E-state index is -1.06. The van der Waals surface area contributed by atoms with E-state index in [1.165, 1.54) is 34.2 Å². The van der Waals surface area contributed by atoms with Crippen molar-refractivity contribution in [2.75, 3.05) is 19.7 Å². The van der Waals surface area contributed by atoms with Gasteiger partial charge in [-0.1, -0.05) is 0 Å². The summed E-state index contributed by atoms with van der Waals surface area (Å²) in [6.45, 7) is 3.65. The summed E-state index contributed by atoms with van der Waals surface area (Å²) in [5.41, 5.74) is 0.708. The number of nitrogens with zero attached hydrogens (tertiary/aromatic N) is 2. The van der Waals surface area contributed by atoms with E-state index < -0.39 is 5.97 Å². The van der Waals surface area contributed by atoms with Gasteiger partial charge in [0, 0.05) is 36.7 Å². The quantitative estimate of drug-likeness (QED) is 0.704. The largest absolute Gasteiger partial charge is 0.478 e. The number of pyridine rings is 1. The molecule has 26 heavy (non-hydrogen) atoms. The number of aliphatic hydroxyl groups excluding tert-OH is 1. The Morgan fingerprint density at radius 3 is 2.96 bits per heavy atom. The molecule has 0 radical (unpaired) electrons. The first kappa shape index (κ1) is 18.8. The summed E-state index contributed by atoms with van der Waals surface area (Å²) in [6, 6.07) is 2.33. The van der Waals surface area contributed by atoms with Crippen molar-refractivity contribution in [3.05, 3.63) is 49.8 Å². The third-order valence-electron chi connectivity index (χ3n) is 4.77. The van der Waals surface area contributed by atoms with Crippen LogP contribution < -0.4 is 10.9 Å². The second-order valence-electron chi connectivity index (χ2n) is 6.55. The summed E-state index contributed by atoms with van der Waals surface area (Å²) < 4.78 is 1.52. The van der Waals surface area contributed by atoms with Crippen LogP contribution in [0.1, 0.15) is 44.8 Å². The van der Waals surface area contributed by atoms with Crippen molar-refractivity contribution >= 4 is 17.3 Å². The zero-order valence-corrected chi connectivity index (χ0v) is 15.5. The van der Waals surface area contributed by atoms with Crippen molar-refractivity contribution in [3.8, 4) is 0 Å². The van der Waals surface area contributed by atoms with Gasteiger partial charge in [-0.2, -0.15) is 0 Å². The molecule has 1 aliphatic heterocycles. The number of aliphatic hydroxyl groups is 1. The van der Waals surface area contributed by atoms with E-state index in [1.807, 2.05) is 6.92 Å². The van der Waals surface area contributed by atoms with Crippen molar-refractivity contribution in [3.63, 3.8) is 0 Å². The summed E-state index contributed by atoms with van der Waals surface area (Å²) in [6.07, 6.45) is 3.90. The number of hydrogen-bond donors (Lipinski definition) is 3. The van der Waals surface area contributed by atoms with Crippen LogP contribution in [0.3, 0.4) is 0 Å². The predicted octanol–water partition coefficient (Wildman–Crippen LogP) is 1.44. The fraction of sp³-hybridized carbons (Fsp3) is 0.500. The van der Waals surface area contributed by atoms with Gasteiger partial charge in [0.15, 0.2) is 0 Å². The molecule has 0 saturated carbocycles. The Hall–Kier alpha value is -2.03. The maximum Gasteiger partial charge on any atom is 0.337 e. The minimum absolute atomic E-state index is 0.0482. The van der Waals surface area contributed by atoms with Gasteiger partial charge < -0.3 is 20.1 Å². The summed E-state index contributed by atoms with van der Waals surface area (Å²) in [5.74, 6) is -0.909. The number of piperidine rings is 1. The molecule has 1 aliphatic rings. The van der Waals surface area contributed by atoms with E-state index in [0.717, 1.165) is 41.5 Å². The molecular weight excluding hydrogens is 354 g/mol. The Morgan fingerprint density at radius 2 is 2.31 bits per heavy atom. The highest BCUT2D eigenvalue weighted by atomic mass is 32.1. The third kappa shape index (κ3) is 3.87. The third-order valence-corrected chi connectivity index (χ3v) is 6.06. The lowest BCUT2D eigenvalue weighted by molar-refractivity contribution is 0.0695. The van der Waals surface area contributed by atoms with E-state index in [9.17, 15) is 19.8 Å². The van der Waals surface area contributed by atoms with Gasteiger partial charge in [-0.3, -0.25) is 4.79 Å². The number of nitrogens with one attached hydrogen (secondary N) is 1. The van der Waals surface area contributed by atoms with Crippen LogP contribution in [0.5, 0.6) is 0 Å². The molecule has 0 unspecified atom stereocenters. The van der Waals surface area contributed by atoms with Gasteiger partial charge in [-0.05, 0) is 38.3 Å². The van der Waals surface area contributed by atoms with Crippen LogP contribution in [-0.4, -0.2) is 45.4 Å². The zero-order valence-electron chi connectivity index (χ0n) is 14.6. The van der Waals surface area contributed by atoms with E-state index in [-0.39, 0.29) is 29.7 Å². The number of carboxylic acid groups (broad SMARTS) is 1. The lowest BCUT2D eigenvalue weighted by Gasteiger charge is -2.31. The predicted molar refractivity (Wildman–Crippen MR) is 99.0 cm³/mol. The normalized spacial score (nSPS) is 18.6. The summed E-state index contributed by atoms with van der Waals surface area (Å²) >= 11 is 1.50.